The molecule has 0 spiro atoms. The number of carbonyl (C=O) groups is 1. The lowest BCUT2D eigenvalue weighted by molar-refractivity contribution is -0.122. The zero-order chi connectivity index (χ0) is 13.1. The van der Waals surface area contributed by atoms with Crippen LogP contribution in [-0.2, 0) is 4.79 Å². The Morgan fingerprint density at radius 2 is 1.71 bits per heavy atom. The Kier molecular flexibility index (Phi) is 10.2. The minimum Gasteiger partial charge on any atom is -0.355 e. The van der Waals surface area contributed by atoms with Crippen LogP contribution in [0.2, 0.25) is 0 Å². The summed E-state index contributed by atoms with van der Waals surface area (Å²) in [6.07, 6.45) is 8.25. The highest BCUT2D eigenvalue weighted by Gasteiger charge is 2.13. The molecule has 1 amide bonds. The predicted molar refractivity (Wildman–Crippen MR) is 73.8 cm³/mol. The summed E-state index contributed by atoms with van der Waals surface area (Å²) in [5.74, 6) is 0.483. The molecule has 0 bridgehead atoms. The second-order valence-electron chi connectivity index (χ2n) is 5.29. The molecular formula is C14H30N2O. The van der Waals surface area contributed by atoms with Gasteiger partial charge in [0.1, 0.15) is 0 Å². The van der Waals surface area contributed by atoms with E-state index in [2.05, 4.69) is 26.1 Å². The second kappa shape index (κ2) is 10.6. The summed E-state index contributed by atoms with van der Waals surface area (Å²) in [7, 11) is 0. The van der Waals surface area contributed by atoms with Crippen LogP contribution >= 0.6 is 0 Å². The quantitative estimate of drug-likeness (QED) is 0.579. The van der Waals surface area contributed by atoms with Gasteiger partial charge in [-0.1, -0.05) is 52.9 Å². The molecular weight excluding hydrogens is 212 g/mol. The van der Waals surface area contributed by atoms with E-state index in [1.165, 1.54) is 32.1 Å². The van der Waals surface area contributed by atoms with Crippen molar-refractivity contribution in [1.82, 2.24) is 5.32 Å². The molecule has 0 unspecified atom stereocenters. The van der Waals surface area contributed by atoms with Crippen molar-refractivity contribution in [3.05, 3.63) is 0 Å². The fraction of sp³-hybridized carbons (Fsp3) is 0.929. The molecule has 0 heterocycles. The first-order valence-corrected chi connectivity index (χ1v) is 7.11. The van der Waals surface area contributed by atoms with Crippen molar-refractivity contribution in [2.24, 2.45) is 11.7 Å². The number of amides is 1. The number of hydrogen-bond donors (Lipinski definition) is 2. The molecule has 0 radical (unpaired) electrons. The van der Waals surface area contributed by atoms with Gasteiger partial charge in [-0.05, 0) is 18.8 Å². The van der Waals surface area contributed by atoms with E-state index in [0.717, 1.165) is 19.4 Å². The Morgan fingerprint density at radius 3 is 2.29 bits per heavy atom. The minimum atomic E-state index is -0.338. The van der Waals surface area contributed by atoms with Crippen molar-refractivity contribution >= 4 is 5.91 Å². The van der Waals surface area contributed by atoms with Gasteiger partial charge in [-0.3, -0.25) is 4.79 Å². The fourth-order valence-corrected chi connectivity index (χ4v) is 1.86. The van der Waals surface area contributed by atoms with Gasteiger partial charge in [0, 0.05) is 6.54 Å². The molecule has 1 atom stereocenters. The Labute approximate surface area is 107 Å². The summed E-state index contributed by atoms with van der Waals surface area (Å²) in [6.45, 7) is 7.16. The van der Waals surface area contributed by atoms with Gasteiger partial charge < -0.3 is 11.1 Å². The van der Waals surface area contributed by atoms with Gasteiger partial charge >= 0.3 is 0 Å². The third kappa shape index (κ3) is 10.3. The number of carbonyl (C=O) groups excluding carboxylic acids is 1. The molecule has 3 N–H and O–H groups in total. The van der Waals surface area contributed by atoms with E-state index >= 15 is 0 Å². The molecule has 0 rings (SSSR count). The van der Waals surface area contributed by atoms with Gasteiger partial charge in [0.15, 0.2) is 0 Å². The Balaban J connectivity index is 3.38. The average Bonchev–Trinajstić information content (AvgIpc) is 2.26. The van der Waals surface area contributed by atoms with Gasteiger partial charge in [0.2, 0.25) is 5.91 Å². The third-order valence-corrected chi connectivity index (χ3v) is 2.89. The summed E-state index contributed by atoms with van der Waals surface area (Å²) in [6, 6.07) is -0.338. The molecule has 0 aliphatic heterocycles. The van der Waals surface area contributed by atoms with Gasteiger partial charge in [0.25, 0.3) is 0 Å². The highest BCUT2D eigenvalue weighted by Crippen LogP contribution is 2.05. The number of nitrogens with two attached hydrogens (primary N) is 1. The molecule has 0 aliphatic carbocycles. The van der Waals surface area contributed by atoms with Crippen molar-refractivity contribution in [3.63, 3.8) is 0 Å². The van der Waals surface area contributed by atoms with E-state index in [4.69, 9.17) is 5.73 Å². The van der Waals surface area contributed by atoms with Crippen molar-refractivity contribution in [2.45, 2.75) is 71.8 Å². The molecule has 0 saturated carbocycles. The maximum atomic E-state index is 11.6. The molecule has 17 heavy (non-hydrogen) atoms. The van der Waals surface area contributed by atoms with E-state index in [1.807, 2.05) is 0 Å². The SMILES string of the molecule is CCCCCCCCNC(=O)[C@H](N)CC(C)C. The van der Waals surface area contributed by atoms with E-state index in [-0.39, 0.29) is 11.9 Å². The standard InChI is InChI=1S/C14H30N2O/c1-4-5-6-7-8-9-10-16-14(17)13(15)11-12(2)3/h12-13H,4-11,15H2,1-3H3,(H,16,17)/t13-/m1/s1. The summed E-state index contributed by atoms with van der Waals surface area (Å²) < 4.78 is 0. The first kappa shape index (κ1) is 16.4. The monoisotopic (exact) mass is 242 g/mol. The van der Waals surface area contributed by atoms with E-state index in [9.17, 15) is 4.79 Å². The molecule has 0 fully saturated rings. The zero-order valence-corrected chi connectivity index (χ0v) is 11.8. The molecule has 0 aliphatic rings. The van der Waals surface area contributed by atoms with Crippen LogP contribution in [0.4, 0.5) is 0 Å². The van der Waals surface area contributed by atoms with Gasteiger partial charge in [-0.15, -0.1) is 0 Å². The Bertz CT molecular complexity index is 193. The fourth-order valence-electron chi connectivity index (χ4n) is 1.86. The van der Waals surface area contributed by atoms with Crippen molar-refractivity contribution < 1.29 is 4.79 Å². The highest BCUT2D eigenvalue weighted by atomic mass is 16.2. The summed E-state index contributed by atoms with van der Waals surface area (Å²) in [4.78, 5) is 11.6. The van der Waals surface area contributed by atoms with Gasteiger partial charge in [-0.25, -0.2) is 0 Å². The predicted octanol–water partition coefficient (Wildman–Crippen LogP) is 2.84. The number of nitrogens with one attached hydrogen (secondary N) is 1. The van der Waals surface area contributed by atoms with Crippen molar-refractivity contribution in [1.29, 1.82) is 0 Å². The highest BCUT2D eigenvalue weighted by molar-refractivity contribution is 5.81. The third-order valence-electron chi connectivity index (χ3n) is 2.89. The number of rotatable bonds is 10. The molecule has 0 aromatic rings. The van der Waals surface area contributed by atoms with Crippen LogP contribution in [0.3, 0.4) is 0 Å². The Hall–Kier alpha value is -0.570. The van der Waals surface area contributed by atoms with E-state index in [0.29, 0.717) is 5.92 Å². The van der Waals surface area contributed by atoms with E-state index < -0.39 is 0 Å². The van der Waals surface area contributed by atoms with Crippen LogP contribution in [0.1, 0.15) is 65.7 Å². The molecule has 0 aromatic carbocycles. The summed E-state index contributed by atoms with van der Waals surface area (Å²) >= 11 is 0. The van der Waals surface area contributed by atoms with Crippen molar-refractivity contribution in [2.75, 3.05) is 6.54 Å². The maximum absolute atomic E-state index is 11.6. The number of hydrogen-bond acceptors (Lipinski definition) is 2. The summed E-state index contributed by atoms with van der Waals surface area (Å²) in [5, 5.41) is 2.91. The maximum Gasteiger partial charge on any atom is 0.236 e. The lowest BCUT2D eigenvalue weighted by Crippen LogP contribution is -2.41. The molecule has 3 nitrogen and oxygen atoms in total. The first-order chi connectivity index (χ1) is 8.07. The molecule has 3 heteroatoms. The lowest BCUT2D eigenvalue weighted by atomic mass is 10.0. The van der Waals surface area contributed by atoms with Gasteiger partial charge in [0.05, 0.1) is 6.04 Å². The smallest absolute Gasteiger partial charge is 0.236 e. The minimum absolute atomic E-state index is 0.00672. The van der Waals surface area contributed by atoms with Crippen LogP contribution in [0, 0.1) is 5.92 Å². The Morgan fingerprint density at radius 1 is 1.12 bits per heavy atom. The molecule has 0 aromatic heterocycles. The average molecular weight is 242 g/mol. The number of unbranched alkanes of at least 4 members (excludes halogenated alkanes) is 5. The van der Waals surface area contributed by atoms with Crippen molar-refractivity contribution in [3.8, 4) is 0 Å². The van der Waals surface area contributed by atoms with Crippen LogP contribution in [0.15, 0.2) is 0 Å². The lowest BCUT2D eigenvalue weighted by Gasteiger charge is -2.13. The summed E-state index contributed by atoms with van der Waals surface area (Å²) in [5.41, 5.74) is 5.79. The van der Waals surface area contributed by atoms with Crippen LogP contribution in [-0.4, -0.2) is 18.5 Å². The van der Waals surface area contributed by atoms with Crippen LogP contribution < -0.4 is 11.1 Å². The first-order valence-electron chi connectivity index (χ1n) is 7.11. The zero-order valence-electron chi connectivity index (χ0n) is 11.8. The van der Waals surface area contributed by atoms with E-state index in [1.54, 1.807) is 0 Å². The largest absolute Gasteiger partial charge is 0.355 e. The van der Waals surface area contributed by atoms with Crippen LogP contribution in [0.5, 0.6) is 0 Å². The second-order valence-corrected chi connectivity index (χ2v) is 5.29. The van der Waals surface area contributed by atoms with Crippen LogP contribution in [0.25, 0.3) is 0 Å². The molecule has 102 valence electrons. The topological polar surface area (TPSA) is 55.1 Å². The molecule has 0 saturated heterocycles. The normalized spacial score (nSPS) is 12.8. The van der Waals surface area contributed by atoms with Gasteiger partial charge in [-0.2, -0.15) is 0 Å².